The van der Waals surface area contributed by atoms with Crippen molar-refractivity contribution in [2.24, 2.45) is 14.1 Å². The van der Waals surface area contributed by atoms with E-state index in [0.29, 0.717) is 11.3 Å². The van der Waals surface area contributed by atoms with Crippen molar-refractivity contribution in [1.82, 2.24) is 14.1 Å². The van der Waals surface area contributed by atoms with Gasteiger partial charge in [-0.2, -0.15) is 0 Å². The molecule has 0 N–H and O–H groups in total. The molecule has 0 aromatic carbocycles. The van der Waals surface area contributed by atoms with Gasteiger partial charge in [-0.15, -0.1) is 0 Å². The zero-order valence-electron chi connectivity index (χ0n) is 9.04. The molecular weight excluding hydrogens is 206 g/mol. The van der Waals surface area contributed by atoms with Gasteiger partial charge >= 0.3 is 5.69 Å². The van der Waals surface area contributed by atoms with Crippen LogP contribution in [0.15, 0.2) is 40.2 Å². The van der Waals surface area contributed by atoms with Crippen molar-refractivity contribution < 1.29 is 0 Å². The highest BCUT2D eigenvalue weighted by Crippen LogP contribution is 2.08. The molecule has 82 valence electrons. The van der Waals surface area contributed by atoms with Gasteiger partial charge in [0.1, 0.15) is 0 Å². The van der Waals surface area contributed by atoms with Gasteiger partial charge in [-0.1, -0.05) is 6.07 Å². The molecule has 0 saturated heterocycles. The van der Waals surface area contributed by atoms with E-state index in [1.54, 1.807) is 31.4 Å². The Balaban J connectivity index is 2.78. The highest BCUT2D eigenvalue weighted by molar-refractivity contribution is 5.56. The van der Waals surface area contributed by atoms with E-state index in [-0.39, 0.29) is 11.2 Å². The van der Waals surface area contributed by atoms with Crippen molar-refractivity contribution in [2.45, 2.75) is 0 Å². The summed E-state index contributed by atoms with van der Waals surface area (Å²) in [7, 11) is 3.06. The fourth-order valence-corrected chi connectivity index (χ4v) is 1.51. The largest absolute Gasteiger partial charge is 0.330 e. The van der Waals surface area contributed by atoms with Crippen molar-refractivity contribution in [1.29, 1.82) is 0 Å². The van der Waals surface area contributed by atoms with Gasteiger partial charge in [-0.25, -0.2) is 4.79 Å². The average molecular weight is 217 g/mol. The summed E-state index contributed by atoms with van der Waals surface area (Å²) in [5.41, 5.74) is 0.315. The van der Waals surface area contributed by atoms with Crippen molar-refractivity contribution in [3.8, 4) is 11.3 Å². The lowest BCUT2D eigenvalue weighted by Gasteiger charge is -2.05. The molecule has 0 aliphatic carbocycles. The Bertz CT molecular complexity index is 626. The number of aromatic nitrogens is 3. The van der Waals surface area contributed by atoms with Gasteiger partial charge in [0.25, 0.3) is 5.56 Å². The molecule has 5 nitrogen and oxygen atoms in total. The van der Waals surface area contributed by atoms with Crippen LogP contribution in [0.1, 0.15) is 0 Å². The number of hydrogen-bond donors (Lipinski definition) is 0. The van der Waals surface area contributed by atoms with Crippen LogP contribution in [0, 0.1) is 0 Å². The van der Waals surface area contributed by atoms with E-state index in [1.807, 2.05) is 0 Å². The van der Waals surface area contributed by atoms with Crippen molar-refractivity contribution in [3.63, 3.8) is 0 Å². The summed E-state index contributed by atoms with van der Waals surface area (Å²) in [6.45, 7) is 0. The van der Waals surface area contributed by atoms with Crippen LogP contribution in [-0.4, -0.2) is 14.1 Å². The molecule has 0 fully saturated rings. The predicted molar refractivity (Wildman–Crippen MR) is 60.2 cm³/mol. The first kappa shape index (κ1) is 10.4. The topological polar surface area (TPSA) is 56.9 Å². The Labute approximate surface area is 91.6 Å². The smallest absolute Gasteiger partial charge is 0.303 e. The molecule has 0 aliphatic heterocycles. The molecule has 5 heteroatoms. The highest BCUT2D eigenvalue weighted by Gasteiger charge is 2.08. The normalized spacial score (nSPS) is 10.4. The van der Waals surface area contributed by atoms with Crippen LogP contribution in [0.3, 0.4) is 0 Å². The van der Waals surface area contributed by atoms with E-state index in [2.05, 4.69) is 4.98 Å². The molecular formula is C11H11N3O2. The van der Waals surface area contributed by atoms with Gasteiger partial charge in [0.05, 0.1) is 11.3 Å². The summed E-state index contributed by atoms with van der Waals surface area (Å²) in [6, 6.07) is 5.31. The summed E-state index contributed by atoms with van der Waals surface area (Å²) in [6.07, 6.45) is 3.12. The molecule has 2 rings (SSSR count). The maximum Gasteiger partial charge on any atom is 0.330 e. The van der Waals surface area contributed by atoms with Crippen molar-refractivity contribution in [3.05, 3.63) is 51.4 Å². The molecule has 2 heterocycles. The third-order valence-corrected chi connectivity index (χ3v) is 2.39. The first-order valence-corrected chi connectivity index (χ1v) is 4.79. The standard InChI is InChI=1S/C11H11N3O2/c1-13-7-8(9-5-3-4-6-12-9)10(15)14(2)11(13)16/h3-7H,1-2H3. The molecule has 0 spiro atoms. The van der Waals surface area contributed by atoms with E-state index in [0.717, 1.165) is 4.57 Å². The van der Waals surface area contributed by atoms with Crippen LogP contribution in [0.5, 0.6) is 0 Å². The Hall–Kier alpha value is -2.17. The second kappa shape index (κ2) is 3.77. The number of hydrogen-bond acceptors (Lipinski definition) is 3. The van der Waals surface area contributed by atoms with Gasteiger partial charge in [-0.05, 0) is 12.1 Å². The lowest BCUT2D eigenvalue weighted by atomic mass is 10.2. The average Bonchev–Trinajstić information content (AvgIpc) is 2.32. The lowest BCUT2D eigenvalue weighted by molar-refractivity contribution is 0.688. The SMILES string of the molecule is Cn1cc(-c2ccccn2)c(=O)n(C)c1=O. The fraction of sp³-hybridized carbons (Fsp3) is 0.182. The number of pyridine rings is 1. The van der Waals surface area contributed by atoms with E-state index < -0.39 is 0 Å². The Kier molecular flexibility index (Phi) is 2.44. The Morgan fingerprint density at radius 2 is 1.94 bits per heavy atom. The number of rotatable bonds is 1. The minimum Gasteiger partial charge on any atom is -0.303 e. The molecule has 0 saturated carbocycles. The van der Waals surface area contributed by atoms with E-state index >= 15 is 0 Å². The molecule has 0 atom stereocenters. The fourth-order valence-electron chi connectivity index (χ4n) is 1.51. The van der Waals surface area contributed by atoms with Crippen LogP contribution in [-0.2, 0) is 14.1 Å². The summed E-state index contributed by atoms with van der Waals surface area (Å²) >= 11 is 0. The van der Waals surface area contributed by atoms with Crippen LogP contribution >= 0.6 is 0 Å². The van der Waals surface area contributed by atoms with Gasteiger partial charge in [0.2, 0.25) is 0 Å². The minimum absolute atomic E-state index is 0.332. The molecule has 0 aliphatic rings. The van der Waals surface area contributed by atoms with Gasteiger partial charge in [0.15, 0.2) is 0 Å². The molecule has 0 bridgehead atoms. The molecule has 0 unspecified atom stereocenters. The van der Waals surface area contributed by atoms with Crippen molar-refractivity contribution in [2.75, 3.05) is 0 Å². The Morgan fingerprint density at radius 1 is 1.19 bits per heavy atom. The molecule has 0 radical (unpaired) electrons. The third kappa shape index (κ3) is 1.56. The highest BCUT2D eigenvalue weighted by atomic mass is 16.2. The van der Waals surface area contributed by atoms with Gasteiger partial charge < -0.3 is 4.57 Å². The maximum atomic E-state index is 11.9. The number of aryl methyl sites for hydroxylation is 1. The minimum atomic E-state index is -0.343. The predicted octanol–water partition coefficient (Wildman–Crippen LogP) is 0.146. The van der Waals surface area contributed by atoms with E-state index in [1.165, 1.54) is 17.8 Å². The van der Waals surface area contributed by atoms with Gasteiger partial charge in [-0.3, -0.25) is 14.3 Å². The van der Waals surface area contributed by atoms with Crippen LogP contribution < -0.4 is 11.2 Å². The second-order valence-electron chi connectivity index (χ2n) is 3.52. The van der Waals surface area contributed by atoms with Crippen LogP contribution in [0.2, 0.25) is 0 Å². The zero-order valence-corrected chi connectivity index (χ0v) is 9.04. The van der Waals surface area contributed by atoms with Gasteiger partial charge in [0, 0.05) is 26.5 Å². The first-order chi connectivity index (χ1) is 7.61. The Morgan fingerprint density at radius 3 is 2.56 bits per heavy atom. The van der Waals surface area contributed by atoms with Crippen molar-refractivity contribution >= 4 is 0 Å². The third-order valence-electron chi connectivity index (χ3n) is 2.39. The summed E-state index contributed by atoms with van der Waals surface area (Å²) in [5.74, 6) is 0. The second-order valence-corrected chi connectivity index (χ2v) is 3.52. The lowest BCUT2D eigenvalue weighted by Crippen LogP contribution is -2.37. The maximum absolute atomic E-state index is 11.9. The first-order valence-electron chi connectivity index (χ1n) is 4.79. The monoisotopic (exact) mass is 217 g/mol. The van der Waals surface area contributed by atoms with E-state index in [4.69, 9.17) is 0 Å². The zero-order chi connectivity index (χ0) is 11.7. The van der Waals surface area contributed by atoms with Crippen LogP contribution in [0.25, 0.3) is 11.3 Å². The molecule has 16 heavy (non-hydrogen) atoms. The summed E-state index contributed by atoms with van der Waals surface area (Å²) < 4.78 is 2.44. The molecule has 2 aromatic heterocycles. The molecule has 2 aromatic rings. The molecule has 0 amide bonds. The van der Waals surface area contributed by atoms with Crippen LogP contribution in [0.4, 0.5) is 0 Å². The number of nitrogens with zero attached hydrogens (tertiary/aromatic N) is 3. The summed E-state index contributed by atoms with van der Waals surface area (Å²) in [5, 5.41) is 0. The summed E-state index contributed by atoms with van der Waals surface area (Å²) in [4.78, 5) is 27.4. The quantitative estimate of drug-likeness (QED) is 0.683. The van der Waals surface area contributed by atoms with E-state index in [9.17, 15) is 9.59 Å².